The summed E-state index contributed by atoms with van der Waals surface area (Å²) in [4.78, 5) is 40.0. The normalized spacial score (nSPS) is 16.0. The molecule has 1 aromatic heterocycles. The second-order valence-electron chi connectivity index (χ2n) is 9.99. The van der Waals surface area contributed by atoms with E-state index < -0.39 is 6.04 Å². The molecule has 9 heteroatoms. The minimum atomic E-state index is -0.462. The minimum absolute atomic E-state index is 0.0586. The van der Waals surface area contributed by atoms with Crippen LogP contribution in [0.5, 0.6) is 5.75 Å². The fraction of sp³-hybridized carbons (Fsp3) is 0.273. The topological polar surface area (TPSA) is 87.1 Å². The van der Waals surface area contributed by atoms with E-state index in [0.29, 0.717) is 43.3 Å². The maximum absolute atomic E-state index is 14.0. The van der Waals surface area contributed by atoms with Crippen LogP contribution in [0.15, 0.2) is 106 Å². The number of benzene rings is 2. The Labute approximate surface area is 251 Å². The Morgan fingerprint density at radius 1 is 1.02 bits per heavy atom. The summed E-state index contributed by atoms with van der Waals surface area (Å²) in [6.45, 7) is 7.79. The second-order valence-corrected chi connectivity index (χ2v) is 10.8. The molecule has 2 amide bonds. The first-order valence-corrected chi connectivity index (χ1v) is 15.0. The predicted molar refractivity (Wildman–Crippen MR) is 166 cm³/mol. The van der Waals surface area contributed by atoms with Crippen molar-refractivity contribution in [1.29, 1.82) is 0 Å². The van der Waals surface area contributed by atoms with E-state index in [4.69, 9.17) is 9.73 Å². The molecule has 42 heavy (non-hydrogen) atoms. The number of fused-ring (bicyclic) bond motifs is 1. The lowest BCUT2D eigenvalue weighted by molar-refractivity contribution is -0.127. The van der Waals surface area contributed by atoms with Crippen LogP contribution in [0.4, 0.5) is 0 Å². The minimum Gasteiger partial charge on any atom is -0.489 e. The van der Waals surface area contributed by atoms with Crippen LogP contribution in [0, 0.1) is 0 Å². The SMILES string of the molecule is CCN(CC)C(=O)C1=C(C)N=C2SC=C(CC(=O)NCc3ccccn3)N2C1c1cccc(OCc2ccccc2)c1. The molecule has 8 nitrogen and oxygen atoms in total. The Balaban J connectivity index is 1.44. The van der Waals surface area contributed by atoms with Crippen LogP contribution in [0.2, 0.25) is 0 Å². The molecule has 2 aliphatic heterocycles. The van der Waals surface area contributed by atoms with Gasteiger partial charge in [-0.3, -0.25) is 14.6 Å². The van der Waals surface area contributed by atoms with Gasteiger partial charge in [0.25, 0.3) is 5.91 Å². The zero-order valence-corrected chi connectivity index (χ0v) is 24.9. The number of carbonyl (C=O) groups excluding carboxylic acids is 2. The molecule has 0 bridgehead atoms. The fourth-order valence-corrected chi connectivity index (χ4v) is 6.04. The first-order valence-electron chi connectivity index (χ1n) is 14.2. The second kappa shape index (κ2) is 13.5. The average Bonchev–Trinajstić information content (AvgIpc) is 3.41. The van der Waals surface area contributed by atoms with E-state index in [0.717, 1.165) is 27.7 Å². The van der Waals surface area contributed by atoms with Gasteiger partial charge in [0.2, 0.25) is 5.91 Å². The van der Waals surface area contributed by atoms with Crippen LogP contribution in [0.1, 0.15) is 50.1 Å². The van der Waals surface area contributed by atoms with Gasteiger partial charge >= 0.3 is 0 Å². The van der Waals surface area contributed by atoms with E-state index in [9.17, 15) is 9.59 Å². The number of amides is 2. The zero-order valence-electron chi connectivity index (χ0n) is 24.1. The van der Waals surface area contributed by atoms with E-state index in [-0.39, 0.29) is 18.2 Å². The van der Waals surface area contributed by atoms with Crippen molar-refractivity contribution in [1.82, 2.24) is 20.1 Å². The van der Waals surface area contributed by atoms with Gasteiger partial charge in [0.1, 0.15) is 12.4 Å². The number of hydrogen-bond donors (Lipinski definition) is 1. The summed E-state index contributed by atoms with van der Waals surface area (Å²) in [5.41, 5.74) is 4.82. The summed E-state index contributed by atoms with van der Waals surface area (Å²) < 4.78 is 6.16. The summed E-state index contributed by atoms with van der Waals surface area (Å²) in [6.07, 6.45) is 1.85. The lowest BCUT2D eigenvalue weighted by Gasteiger charge is -2.38. The highest BCUT2D eigenvalue weighted by Crippen LogP contribution is 2.45. The standard InChI is InChI=1S/C33H35N5O3S/c1-4-37(5-2)32(40)30-23(3)36-33-38(27(22-42-33)19-29(39)35-20-26-15-9-10-17-34-26)31(30)25-14-11-16-28(18-25)41-21-24-12-7-6-8-13-24/h6-18,22,31H,4-5,19-21H2,1-3H3,(H,35,39). The number of nitrogens with one attached hydrogen (secondary N) is 1. The predicted octanol–water partition coefficient (Wildman–Crippen LogP) is 5.81. The van der Waals surface area contributed by atoms with Crippen molar-refractivity contribution in [3.63, 3.8) is 0 Å². The summed E-state index contributed by atoms with van der Waals surface area (Å²) >= 11 is 1.47. The van der Waals surface area contributed by atoms with E-state index in [2.05, 4.69) is 10.3 Å². The maximum atomic E-state index is 14.0. The Kier molecular flexibility index (Phi) is 9.38. The van der Waals surface area contributed by atoms with Crippen molar-refractivity contribution >= 4 is 28.7 Å². The number of pyridine rings is 1. The monoisotopic (exact) mass is 581 g/mol. The van der Waals surface area contributed by atoms with Gasteiger partial charge in [-0.05, 0) is 61.6 Å². The highest BCUT2D eigenvalue weighted by atomic mass is 32.2. The molecule has 0 fully saturated rings. The van der Waals surface area contributed by atoms with Crippen LogP contribution >= 0.6 is 11.8 Å². The number of aliphatic imine (C=N–C) groups is 1. The summed E-state index contributed by atoms with van der Waals surface area (Å²) in [5.74, 6) is 0.519. The lowest BCUT2D eigenvalue weighted by Crippen LogP contribution is -2.42. The van der Waals surface area contributed by atoms with E-state index in [1.54, 1.807) is 6.20 Å². The van der Waals surface area contributed by atoms with Crippen molar-refractivity contribution in [2.45, 2.75) is 46.4 Å². The number of aromatic nitrogens is 1. The van der Waals surface area contributed by atoms with Gasteiger partial charge in [-0.2, -0.15) is 0 Å². The lowest BCUT2D eigenvalue weighted by atomic mass is 9.92. The first kappa shape index (κ1) is 29.1. The number of nitrogens with zero attached hydrogens (tertiary/aromatic N) is 4. The molecule has 2 aromatic carbocycles. The molecule has 1 atom stereocenters. The molecule has 1 unspecified atom stereocenters. The van der Waals surface area contributed by atoms with Crippen molar-refractivity contribution in [2.24, 2.45) is 4.99 Å². The van der Waals surface area contributed by atoms with Gasteiger partial charge in [0.15, 0.2) is 5.17 Å². The van der Waals surface area contributed by atoms with Crippen LogP contribution in [-0.4, -0.2) is 44.9 Å². The number of rotatable bonds is 11. The molecular weight excluding hydrogens is 546 g/mol. The van der Waals surface area contributed by atoms with Gasteiger partial charge in [0, 0.05) is 25.0 Å². The number of carbonyl (C=O) groups is 2. The summed E-state index contributed by atoms with van der Waals surface area (Å²) in [5, 5.41) is 5.68. The van der Waals surface area contributed by atoms with E-state index in [1.165, 1.54) is 11.8 Å². The summed E-state index contributed by atoms with van der Waals surface area (Å²) in [7, 11) is 0. The maximum Gasteiger partial charge on any atom is 0.254 e. The Bertz CT molecular complexity index is 1520. The molecule has 0 spiro atoms. The highest BCUT2D eigenvalue weighted by Gasteiger charge is 2.41. The highest BCUT2D eigenvalue weighted by molar-refractivity contribution is 8.16. The molecule has 0 aliphatic carbocycles. The van der Waals surface area contributed by atoms with Gasteiger partial charge < -0.3 is 19.9 Å². The van der Waals surface area contributed by atoms with Crippen LogP contribution in [0.25, 0.3) is 0 Å². The number of likely N-dealkylation sites (N-methyl/N-ethyl adjacent to an activating group) is 1. The summed E-state index contributed by atoms with van der Waals surface area (Å²) in [6, 6.07) is 23.0. The smallest absolute Gasteiger partial charge is 0.254 e. The molecular formula is C33H35N5O3S. The molecule has 5 rings (SSSR count). The number of amidine groups is 1. The Morgan fingerprint density at radius 2 is 1.81 bits per heavy atom. The van der Waals surface area contributed by atoms with Gasteiger partial charge in [0.05, 0.1) is 36.0 Å². The third-order valence-corrected chi connectivity index (χ3v) is 8.13. The van der Waals surface area contributed by atoms with Crippen LogP contribution in [-0.2, 0) is 22.7 Å². The molecule has 0 saturated heterocycles. The Hall–Kier alpha value is -4.37. The van der Waals surface area contributed by atoms with Crippen LogP contribution in [0.3, 0.4) is 0 Å². The van der Waals surface area contributed by atoms with Gasteiger partial charge in [-0.1, -0.05) is 60.3 Å². The zero-order chi connectivity index (χ0) is 29.5. The number of hydrogen-bond acceptors (Lipinski definition) is 7. The molecule has 0 saturated carbocycles. The molecule has 3 heterocycles. The van der Waals surface area contributed by atoms with Crippen molar-refractivity contribution < 1.29 is 14.3 Å². The fourth-order valence-electron chi connectivity index (χ4n) is 5.07. The average molecular weight is 582 g/mol. The molecule has 1 N–H and O–H groups in total. The van der Waals surface area contributed by atoms with Crippen molar-refractivity contribution in [3.05, 3.63) is 118 Å². The largest absolute Gasteiger partial charge is 0.489 e. The van der Waals surface area contributed by atoms with E-state index >= 15 is 0 Å². The quantitative estimate of drug-likeness (QED) is 0.308. The van der Waals surface area contributed by atoms with Gasteiger partial charge in [-0.25, -0.2) is 4.99 Å². The van der Waals surface area contributed by atoms with E-state index in [1.807, 2.05) is 109 Å². The first-order chi connectivity index (χ1) is 20.5. The Morgan fingerprint density at radius 3 is 2.55 bits per heavy atom. The van der Waals surface area contributed by atoms with Crippen LogP contribution < -0.4 is 10.1 Å². The third-order valence-electron chi connectivity index (χ3n) is 7.24. The number of thioether (sulfide) groups is 1. The molecule has 2 aliphatic rings. The van der Waals surface area contributed by atoms with Crippen molar-refractivity contribution in [3.8, 4) is 5.75 Å². The number of ether oxygens (including phenoxy) is 1. The van der Waals surface area contributed by atoms with Gasteiger partial charge in [-0.15, -0.1) is 0 Å². The number of allylic oxidation sites excluding steroid dienone is 1. The van der Waals surface area contributed by atoms with Crippen molar-refractivity contribution in [2.75, 3.05) is 13.1 Å². The molecule has 3 aromatic rings. The third kappa shape index (κ3) is 6.57. The molecule has 216 valence electrons. The molecule has 0 radical (unpaired) electrons.